The number of hydrogen-bond acceptors (Lipinski definition) is 1. The highest BCUT2D eigenvalue weighted by Crippen LogP contribution is 2.12. The lowest BCUT2D eigenvalue weighted by Gasteiger charge is -2.00. The molecule has 1 aromatic heterocycles. The smallest absolute Gasteiger partial charge is 0.179 e. The number of aromatic nitrogens is 1. The average molecular weight is 245 g/mol. The Bertz CT molecular complexity index is 535. The second-order valence-electron chi connectivity index (χ2n) is 4.54. The quantitative estimate of drug-likeness (QED) is 0.820. The predicted molar refractivity (Wildman–Crippen MR) is 69.3 cm³/mol. The SMILES string of the molecule is Cc1cc(C(=O)CCc2ccc(F)cc2)[nH]c1C. The van der Waals surface area contributed by atoms with Crippen molar-refractivity contribution in [1.29, 1.82) is 0 Å². The zero-order valence-corrected chi connectivity index (χ0v) is 10.6. The van der Waals surface area contributed by atoms with Gasteiger partial charge < -0.3 is 4.98 Å². The minimum Gasteiger partial charge on any atom is -0.356 e. The van der Waals surface area contributed by atoms with Gasteiger partial charge in [0, 0.05) is 12.1 Å². The van der Waals surface area contributed by atoms with Crippen molar-refractivity contribution in [1.82, 2.24) is 4.98 Å². The fraction of sp³-hybridized carbons (Fsp3) is 0.267. The number of H-pyrrole nitrogens is 1. The Hall–Kier alpha value is -1.90. The monoisotopic (exact) mass is 245 g/mol. The number of hydrogen-bond donors (Lipinski definition) is 1. The lowest BCUT2D eigenvalue weighted by atomic mass is 10.1. The fourth-order valence-electron chi connectivity index (χ4n) is 1.86. The Kier molecular flexibility index (Phi) is 3.60. The van der Waals surface area contributed by atoms with Crippen molar-refractivity contribution in [3.63, 3.8) is 0 Å². The van der Waals surface area contributed by atoms with Crippen LogP contribution >= 0.6 is 0 Å². The molecule has 2 aromatic rings. The van der Waals surface area contributed by atoms with E-state index in [2.05, 4.69) is 4.98 Å². The fourth-order valence-corrected chi connectivity index (χ4v) is 1.86. The molecule has 0 fully saturated rings. The van der Waals surface area contributed by atoms with Crippen LogP contribution < -0.4 is 0 Å². The number of carbonyl (C=O) groups is 1. The van der Waals surface area contributed by atoms with Gasteiger partial charge in [-0.1, -0.05) is 12.1 Å². The number of halogens is 1. The molecule has 0 aliphatic rings. The van der Waals surface area contributed by atoms with Crippen LogP contribution in [0, 0.1) is 19.7 Å². The molecule has 0 radical (unpaired) electrons. The molecule has 1 aromatic carbocycles. The third-order valence-corrected chi connectivity index (χ3v) is 3.13. The first-order valence-electron chi connectivity index (χ1n) is 6.00. The summed E-state index contributed by atoms with van der Waals surface area (Å²) in [6.45, 7) is 3.93. The molecule has 0 saturated heterocycles. The van der Waals surface area contributed by atoms with Crippen LogP contribution in [0.2, 0.25) is 0 Å². The van der Waals surface area contributed by atoms with Crippen molar-refractivity contribution >= 4 is 5.78 Å². The van der Waals surface area contributed by atoms with Crippen LogP contribution in [0.5, 0.6) is 0 Å². The van der Waals surface area contributed by atoms with Crippen LogP contribution in [-0.4, -0.2) is 10.8 Å². The number of carbonyl (C=O) groups excluding carboxylic acids is 1. The van der Waals surface area contributed by atoms with Crippen molar-refractivity contribution < 1.29 is 9.18 Å². The summed E-state index contributed by atoms with van der Waals surface area (Å²) in [4.78, 5) is 15.0. The summed E-state index contributed by atoms with van der Waals surface area (Å²) in [5, 5.41) is 0. The van der Waals surface area contributed by atoms with Gasteiger partial charge in [-0.15, -0.1) is 0 Å². The van der Waals surface area contributed by atoms with Gasteiger partial charge in [0.1, 0.15) is 5.82 Å². The minimum absolute atomic E-state index is 0.0931. The zero-order valence-electron chi connectivity index (χ0n) is 10.6. The molecule has 2 rings (SSSR count). The Balaban J connectivity index is 1.98. The summed E-state index contributed by atoms with van der Waals surface area (Å²) in [5.74, 6) is -0.156. The highest BCUT2D eigenvalue weighted by Gasteiger charge is 2.09. The maximum Gasteiger partial charge on any atom is 0.179 e. The topological polar surface area (TPSA) is 32.9 Å². The van der Waals surface area contributed by atoms with Gasteiger partial charge in [0.2, 0.25) is 0 Å². The van der Waals surface area contributed by atoms with Gasteiger partial charge >= 0.3 is 0 Å². The van der Waals surface area contributed by atoms with Crippen LogP contribution in [0.3, 0.4) is 0 Å². The van der Waals surface area contributed by atoms with Crippen LogP contribution in [0.1, 0.15) is 33.7 Å². The second-order valence-corrected chi connectivity index (χ2v) is 4.54. The average Bonchev–Trinajstić information content (AvgIpc) is 2.69. The lowest BCUT2D eigenvalue weighted by Crippen LogP contribution is -2.01. The van der Waals surface area contributed by atoms with Gasteiger partial charge in [-0.05, 0) is 49.6 Å². The molecule has 1 N–H and O–H groups in total. The van der Waals surface area contributed by atoms with Crippen LogP contribution in [0.4, 0.5) is 4.39 Å². The van der Waals surface area contributed by atoms with Gasteiger partial charge in [-0.3, -0.25) is 4.79 Å². The standard InChI is InChI=1S/C15H16FNO/c1-10-9-14(17-11(10)2)15(18)8-5-12-3-6-13(16)7-4-12/h3-4,6-7,9,17H,5,8H2,1-2H3. The lowest BCUT2D eigenvalue weighted by molar-refractivity contribution is 0.0978. The normalized spacial score (nSPS) is 10.6. The Morgan fingerprint density at radius 2 is 1.89 bits per heavy atom. The van der Waals surface area contributed by atoms with Crippen molar-refractivity contribution in [2.24, 2.45) is 0 Å². The molecule has 2 nitrogen and oxygen atoms in total. The van der Waals surface area contributed by atoms with Gasteiger partial charge in [-0.2, -0.15) is 0 Å². The highest BCUT2D eigenvalue weighted by atomic mass is 19.1. The largest absolute Gasteiger partial charge is 0.356 e. The van der Waals surface area contributed by atoms with Gasteiger partial charge in [0.15, 0.2) is 5.78 Å². The molecular formula is C15H16FNO. The summed E-state index contributed by atoms with van der Waals surface area (Å²) in [7, 11) is 0. The first-order chi connectivity index (χ1) is 8.56. The Labute approximate surface area is 106 Å². The van der Waals surface area contributed by atoms with E-state index in [1.807, 2.05) is 19.9 Å². The number of aryl methyl sites for hydroxylation is 3. The van der Waals surface area contributed by atoms with E-state index in [0.29, 0.717) is 18.5 Å². The van der Waals surface area contributed by atoms with Gasteiger partial charge in [-0.25, -0.2) is 4.39 Å². The molecule has 0 aliphatic carbocycles. The van der Waals surface area contributed by atoms with Crippen molar-refractivity contribution in [3.8, 4) is 0 Å². The van der Waals surface area contributed by atoms with E-state index in [9.17, 15) is 9.18 Å². The van der Waals surface area contributed by atoms with Crippen LogP contribution in [0.25, 0.3) is 0 Å². The second kappa shape index (κ2) is 5.17. The first kappa shape index (κ1) is 12.6. The molecule has 0 atom stereocenters. The zero-order chi connectivity index (χ0) is 13.1. The molecule has 1 heterocycles. The van der Waals surface area contributed by atoms with E-state index < -0.39 is 0 Å². The number of benzene rings is 1. The molecule has 3 heteroatoms. The van der Waals surface area contributed by atoms with Crippen molar-refractivity contribution in [2.75, 3.05) is 0 Å². The van der Waals surface area contributed by atoms with Gasteiger partial charge in [0.05, 0.1) is 5.69 Å². The summed E-state index contributed by atoms with van der Waals surface area (Å²) in [6, 6.07) is 8.15. The summed E-state index contributed by atoms with van der Waals surface area (Å²) in [5.41, 5.74) is 3.76. The molecule has 0 unspecified atom stereocenters. The molecule has 0 saturated carbocycles. The van der Waals surface area contributed by atoms with Crippen LogP contribution in [0.15, 0.2) is 30.3 Å². The molecule has 0 amide bonds. The van der Waals surface area contributed by atoms with Crippen LogP contribution in [-0.2, 0) is 6.42 Å². The number of ketones is 1. The Morgan fingerprint density at radius 1 is 1.22 bits per heavy atom. The van der Waals surface area contributed by atoms with E-state index in [4.69, 9.17) is 0 Å². The van der Waals surface area contributed by atoms with E-state index in [1.165, 1.54) is 12.1 Å². The minimum atomic E-state index is -0.249. The third-order valence-electron chi connectivity index (χ3n) is 3.13. The van der Waals surface area contributed by atoms with E-state index in [-0.39, 0.29) is 11.6 Å². The van der Waals surface area contributed by atoms with Gasteiger partial charge in [0.25, 0.3) is 0 Å². The number of aromatic amines is 1. The molecule has 0 aliphatic heterocycles. The molecular weight excluding hydrogens is 229 g/mol. The molecule has 94 valence electrons. The summed E-state index contributed by atoms with van der Waals surface area (Å²) in [6.07, 6.45) is 1.07. The summed E-state index contributed by atoms with van der Waals surface area (Å²) >= 11 is 0. The number of Topliss-reactive ketones (excluding diaryl/α,β-unsaturated/α-hetero) is 1. The maximum atomic E-state index is 12.7. The number of rotatable bonds is 4. The van der Waals surface area contributed by atoms with E-state index in [0.717, 1.165) is 16.8 Å². The Morgan fingerprint density at radius 3 is 2.44 bits per heavy atom. The van der Waals surface area contributed by atoms with E-state index in [1.54, 1.807) is 12.1 Å². The molecule has 18 heavy (non-hydrogen) atoms. The highest BCUT2D eigenvalue weighted by molar-refractivity contribution is 5.94. The molecule has 0 spiro atoms. The summed E-state index contributed by atoms with van der Waals surface area (Å²) < 4.78 is 12.7. The molecule has 0 bridgehead atoms. The van der Waals surface area contributed by atoms with E-state index >= 15 is 0 Å². The van der Waals surface area contributed by atoms with Crippen molar-refractivity contribution in [2.45, 2.75) is 26.7 Å². The van der Waals surface area contributed by atoms with Crippen molar-refractivity contribution in [3.05, 3.63) is 58.7 Å². The predicted octanol–water partition coefficient (Wildman–Crippen LogP) is 3.59. The number of nitrogens with one attached hydrogen (secondary N) is 1. The maximum absolute atomic E-state index is 12.7. The first-order valence-corrected chi connectivity index (χ1v) is 6.00. The third kappa shape index (κ3) is 2.86.